The van der Waals surface area contributed by atoms with Crippen LogP contribution in [-0.2, 0) is 6.18 Å². The number of anilines is 1. The molecular formula is C23H22F3N3S. The first-order valence-electron chi connectivity index (χ1n) is 9.37. The zero-order valence-corrected chi connectivity index (χ0v) is 17.7. The molecule has 0 aliphatic carbocycles. The highest BCUT2D eigenvalue weighted by molar-refractivity contribution is 8.07. The highest BCUT2D eigenvalue weighted by Gasteiger charge is 2.30. The molecular weight excluding hydrogens is 407 g/mol. The van der Waals surface area contributed by atoms with Crippen LogP contribution in [0.1, 0.15) is 42.3 Å². The third-order valence-electron chi connectivity index (χ3n) is 4.70. The Morgan fingerprint density at radius 2 is 1.77 bits per heavy atom. The smallest absolute Gasteiger partial charge is 0.348 e. The lowest BCUT2D eigenvalue weighted by Gasteiger charge is -2.16. The minimum absolute atomic E-state index is 0.00715. The van der Waals surface area contributed by atoms with Crippen molar-refractivity contribution in [3.05, 3.63) is 89.2 Å². The van der Waals surface area contributed by atoms with Crippen molar-refractivity contribution >= 4 is 28.2 Å². The van der Waals surface area contributed by atoms with E-state index in [4.69, 9.17) is 0 Å². The standard InChI is InChI=1S/C23H22F3N3S/c1-15(18-10-7-11-19(14-18)23(24,25)26)21(30-3)20-12-13-27-22(29-20)28-16(2)17-8-5-4-6-9-17/h4-14,16H,1-3H3,(H,27,28,29)/b21-15+. The Morgan fingerprint density at radius 3 is 2.43 bits per heavy atom. The maximum Gasteiger partial charge on any atom is 0.416 e. The van der Waals surface area contributed by atoms with Crippen molar-refractivity contribution in [3.8, 4) is 0 Å². The molecule has 0 bridgehead atoms. The molecule has 30 heavy (non-hydrogen) atoms. The quantitative estimate of drug-likeness (QED) is 0.462. The second-order valence-electron chi connectivity index (χ2n) is 6.78. The SMILES string of the molecule is CS/C(=C(\C)c1cccc(C(F)(F)F)c1)c1ccnc(NC(C)c2ccccc2)n1. The van der Waals surface area contributed by atoms with Gasteiger partial charge in [-0.25, -0.2) is 9.97 Å². The summed E-state index contributed by atoms with van der Waals surface area (Å²) < 4.78 is 39.3. The van der Waals surface area contributed by atoms with Gasteiger partial charge in [0.05, 0.1) is 17.3 Å². The van der Waals surface area contributed by atoms with E-state index in [1.54, 1.807) is 18.3 Å². The van der Waals surface area contributed by atoms with E-state index in [-0.39, 0.29) is 6.04 Å². The van der Waals surface area contributed by atoms with Gasteiger partial charge in [0.25, 0.3) is 0 Å². The zero-order valence-electron chi connectivity index (χ0n) is 16.9. The fraction of sp³-hybridized carbons (Fsp3) is 0.217. The Kier molecular flexibility index (Phi) is 6.82. The topological polar surface area (TPSA) is 37.8 Å². The molecule has 3 aromatic rings. The predicted molar refractivity (Wildman–Crippen MR) is 118 cm³/mol. The molecule has 0 radical (unpaired) electrons. The summed E-state index contributed by atoms with van der Waals surface area (Å²) in [5.41, 5.74) is 2.35. The van der Waals surface area contributed by atoms with Crippen molar-refractivity contribution in [3.63, 3.8) is 0 Å². The molecule has 3 nitrogen and oxygen atoms in total. The first-order valence-corrected chi connectivity index (χ1v) is 10.6. The van der Waals surface area contributed by atoms with Gasteiger partial charge in [0, 0.05) is 11.1 Å². The summed E-state index contributed by atoms with van der Waals surface area (Å²) in [6.45, 7) is 3.83. The minimum Gasteiger partial charge on any atom is -0.348 e. The fourth-order valence-corrected chi connectivity index (χ4v) is 3.83. The summed E-state index contributed by atoms with van der Waals surface area (Å²) in [5.74, 6) is 0.465. The molecule has 3 rings (SSSR count). The molecule has 0 fully saturated rings. The second-order valence-corrected chi connectivity index (χ2v) is 7.60. The molecule has 0 saturated heterocycles. The highest BCUT2D eigenvalue weighted by Crippen LogP contribution is 2.36. The number of alkyl halides is 3. The normalized spacial score (nSPS) is 13.5. The van der Waals surface area contributed by atoms with Crippen LogP contribution in [0.25, 0.3) is 10.5 Å². The van der Waals surface area contributed by atoms with Crippen LogP contribution in [0.4, 0.5) is 19.1 Å². The van der Waals surface area contributed by atoms with Crippen molar-refractivity contribution in [2.24, 2.45) is 0 Å². The number of hydrogen-bond donors (Lipinski definition) is 1. The summed E-state index contributed by atoms with van der Waals surface area (Å²) in [4.78, 5) is 9.70. The van der Waals surface area contributed by atoms with E-state index in [1.165, 1.54) is 23.9 Å². The van der Waals surface area contributed by atoms with Crippen LogP contribution >= 0.6 is 11.8 Å². The Balaban J connectivity index is 1.92. The molecule has 0 aliphatic rings. The van der Waals surface area contributed by atoms with Crippen LogP contribution in [0.2, 0.25) is 0 Å². The van der Waals surface area contributed by atoms with Crippen molar-refractivity contribution in [1.29, 1.82) is 0 Å². The molecule has 2 aromatic carbocycles. The Bertz CT molecular complexity index is 1030. The van der Waals surface area contributed by atoms with E-state index in [0.29, 0.717) is 17.2 Å². The summed E-state index contributed by atoms with van der Waals surface area (Å²) in [6, 6.07) is 17.1. The maximum absolute atomic E-state index is 13.1. The van der Waals surface area contributed by atoms with Crippen LogP contribution in [0.3, 0.4) is 0 Å². The van der Waals surface area contributed by atoms with E-state index in [1.807, 2.05) is 50.4 Å². The van der Waals surface area contributed by atoms with E-state index >= 15 is 0 Å². The molecule has 1 aromatic heterocycles. The molecule has 1 unspecified atom stereocenters. The largest absolute Gasteiger partial charge is 0.416 e. The van der Waals surface area contributed by atoms with Crippen molar-refractivity contribution < 1.29 is 13.2 Å². The number of rotatable bonds is 6. The monoisotopic (exact) mass is 429 g/mol. The van der Waals surface area contributed by atoms with Crippen molar-refractivity contribution in [2.45, 2.75) is 26.1 Å². The first-order chi connectivity index (χ1) is 14.3. The maximum atomic E-state index is 13.1. The van der Waals surface area contributed by atoms with Gasteiger partial charge in [-0.1, -0.05) is 42.5 Å². The van der Waals surface area contributed by atoms with E-state index in [0.717, 1.165) is 22.1 Å². The minimum atomic E-state index is -4.38. The van der Waals surface area contributed by atoms with Gasteiger partial charge in [-0.05, 0) is 55.0 Å². The van der Waals surface area contributed by atoms with Gasteiger partial charge in [-0.15, -0.1) is 11.8 Å². The van der Waals surface area contributed by atoms with Crippen LogP contribution in [0.5, 0.6) is 0 Å². The summed E-state index contributed by atoms with van der Waals surface area (Å²) in [5, 5.41) is 3.28. The number of aromatic nitrogens is 2. The molecule has 1 atom stereocenters. The van der Waals surface area contributed by atoms with E-state index < -0.39 is 11.7 Å². The Morgan fingerprint density at radius 1 is 1.03 bits per heavy atom. The molecule has 0 amide bonds. The summed E-state index contributed by atoms with van der Waals surface area (Å²) in [7, 11) is 0. The van der Waals surface area contributed by atoms with Crippen molar-refractivity contribution in [1.82, 2.24) is 9.97 Å². The van der Waals surface area contributed by atoms with Crippen LogP contribution in [-0.4, -0.2) is 16.2 Å². The van der Waals surface area contributed by atoms with E-state index in [9.17, 15) is 13.2 Å². The van der Waals surface area contributed by atoms with Gasteiger partial charge in [0.1, 0.15) is 0 Å². The average Bonchev–Trinajstić information content (AvgIpc) is 2.74. The number of benzene rings is 2. The number of nitrogens with zero attached hydrogens (tertiary/aromatic N) is 2. The van der Waals surface area contributed by atoms with Crippen LogP contribution in [0.15, 0.2) is 66.9 Å². The van der Waals surface area contributed by atoms with Gasteiger partial charge < -0.3 is 5.32 Å². The Labute approximate surface area is 178 Å². The molecule has 0 saturated carbocycles. The van der Waals surface area contributed by atoms with Crippen molar-refractivity contribution in [2.75, 3.05) is 11.6 Å². The van der Waals surface area contributed by atoms with Gasteiger partial charge in [-0.2, -0.15) is 13.2 Å². The Hall–Kier alpha value is -2.80. The van der Waals surface area contributed by atoms with Crippen LogP contribution < -0.4 is 5.32 Å². The predicted octanol–water partition coefficient (Wildman–Crippen LogP) is 6.92. The lowest BCUT2D eigenvalue weighted by molar-refractivity contribution is -0.137. The second kappa shape index (κ2) is 9.34. The highest BCUT2D eigenvalue weighted by atomic mass is 32.2. The average molecular weight is 430 g/mol. The molecule has 1 heterocycles. The molecule has 0 spiro atoms. The van der Waals surface area contributed by atoms with E-state index in [2.05, 4.69) is 15.3 Å². The van der Waals surface area contributed by atoms with Gasteiger partial charge in [-0.3, -0.25) is 0 Å². The zero-order chi connectivity index (χ0) is 21.7. The molecule has 1 N–H and O–H groups in total. The third-order valence-corrected chi connectivity index (χ3v) is 5.62. The number of thioether (sulfide) groups is 1. The summed E-state index contributed by atoms with van der Waals surface area (Å²) in [6.07, 6.45) is -0.846. The summed E-state index contributed by atoms with van der Waals surface area (Å²) >= 11 is 1.44. The van der Waals surface area contributed by atoms with Gasteiger partial charge in [0.2, 0.25) is 5.95 Å². The van der Waals surface area contributed by atoms with Crippen LogP contribution in [0, 0.1) is 0 Å². The molecule has 7 heteroatoms. The molecule has 156 valence electrons. The van der Waals surface area contributed by atoms with Gasteiger partial charge >= 0.3 is 6.18 Å². The number of nitrogens with one attached hydrogen (secondary N) is 1. The van der Waals surface area contributed by atoms with Gasteiger partial charge in [0.15, 0.2) is 0 Å². The first kappa shape index (κ1) is 21.9. The molecule has 0 aliphatic heterocycles. The number of hydrogen-bond acceptors (Lipinski definition) is 4. The number of halogens is 3. The lowest BCUT2D eigenvalue weighted by atomic mass is 10.0. The third kappa shape index (κ3) is 5.21. The lowest BCUT2D eigenvalue weighted by Crippen LogP contribution is -2.10. The number of allylic oxidation sites excluding steroid dienone is 1. The fourth-order valence-electron chi connectivity index (χ4n) is 3.08.